The molecule has 0 aromatic heterocycles. The van der Waals surface area contributed by atoms with Gasteiger partial charge in [-0.15, -0.1) is 0 Å². The zero-order valence-corrected chi connectivity index (χ0v) is 13.1. The average Bonchev–Trinajstić information content (AvgIpc) is 2.63. The molecule has 0 unspecified atom stereocenters. The van der Waals surface area contributed by atoms with E-state index in [1.807, 2.05) is 54.6 Å². The number of nitrogens with one attached hydrogen (secondary N) is 1. The summed E-state index contributed by atoms with van der Waals surface area (Å²) in [7, 11) is 0. The summed E-state index contributed by atoms with van der Waals surface area (Å²) in [6.45, 7) is 0.894. The van der Waals surface area contributed by atoms with Crippen LogP contribution in [0.1, 0.15) is 11.1 Å². The summed E-state index contributed by atoms with van der Waals surface area (Å²) in [4.78, 5) is 0. The first-order valence-electron chi connectivity index (χ1n) is 7.70. The van der Waals surface area contributed by atoms with Gasteiger partial charge in [-0.1, -0.05) is 54.6 Å². The number of rotatable bonds is 6. The van der Waals surface area contributed by atoms with Crippen LogP contribution in [-0.2, 0) is 13.2 Å². The molecule has 0 aliphatic carbocycles. The van der Waals surface area contributed by atoms with Crippen molar-refractivity contribution in [2.75, 3.05) is 5.32 Å². The number of ether oxygens (including phenoxy) is 1. The minimum atomic E-state index is -0.645. The number of para-hydroxylation sites is 2. The summed E-state index contributed by atoms with van der Waals surface area (Å²) in [6.07, 6.45) is 0. The molecule has 3 nitrogen and oxygen atoms in total. The van der Waals surface area contributed by atoms with Crippen LogP contribution in [0.5, 0.6) is 11.5 Å². The van der Waals surface area contributed by atoms with Crippen molar-refractivity contribution in [2.45, 2.75) is 13.2 Å². The van der Waals surface area contributed by atoms with Gasteiger partial charge >= 0.3 is 0 Å². The maximum Gasteiger partial charge on any atom is 0.174 e. The van der Waals surface area contributed by atoms with Crippen molar-refractivity contribution in [3.05, 3.63) is 89.7 Å². The van der Waals surface area contributed by atoms with Crippen molar-refractivity contribution < 1.29 is 14.2 Å². The van der Waals surface area contributed by atoms with Gasteiger partial charge in [-0.05, 0) is 23.8 Å². The van der Waals surface area contributed by atoms with Gasteiger partial charge in [-0.2, -0.15) is 0 Å². The second-order valence-corrected chi connectivity index (χ2v) is 5.37. The van der Waals surface area contributed by atoms with Gasteiger partial charge in [0.25, 0.3) is 0 Å². The lowest BCUT2D eigenvalue weighted by Gasteiger charge is -2.13. The Kier molecular flexibility index (Phi) is 4.96. The topological polar surface area (TPSA) is 41.5 Å². The van der Waals surface area contributed by atoms with E-state index < -0.39 is 5.82 Å². The Morgan fingerprint density at radius 1 is 0.875 bits per heavy atom. The van der Waals surface area contributed by atoms with Crippen LogP contribution < -0.4 is 10.1 Å². The second kappa shape index (κ2) is 7.51. The molecule has 0 radical (unpaired) electrons. The fourth-order valence-electron chi connectivity index (χ4n) is 2.37. The maximum absolute atomic E-state index is 13.4. The van der Waals surface area contributed by atoms with Crippen molar-refractivity contribution in [3.63, 3.8) is 0 Å². The molecule has 0 spiro atoms. The summed E-state index contributed by atoms with van der Waals surface area (Å²) in [5.41, 5.74) is 2.37. The molecule has 0 atom stereocenters. The smallest absolute Gasteiger partial charge is 0.174 e. The number of hydrogen-bond acceptors (Lipinski definition) is 3. The monoisotopic (exact) mass is 323 g/mol. The summed E-state index contributed by atoms with van der Waals surface area (Å²) < 4.78 is 19.3. The standard InChI is InChI=1S/C20H18FNO2/c21-17-10-6-11-18(20(17)23)22-13-16-9-4-5-12-19(16)24-14-15-7-2-1-3-8-15/h1-12,22-23H,13-14H2. The Morgan fingerprint density at radius 3 is 2.46 bits per heavy atom. The molecule has 0 saturated carbocycles. The second-order valence-electron chi connectivity index (χ2n) is 5.37. The maximum atomic E-state index is 13.4. The Bertz CT molecular complexity index is 806. The number of halogens is 1. The molecular formula is C20H18FNO2. The van der Waals surface area contributed by atoms with Gasteiger partial charge in [-0.25, -0.2) is 4.39 Å². The van der Waals surface area contributed by atoms with Crippen molar-refractivity contribution >= 4 is 5.69 Å². The predicted octanol–water partition coefficient (Wildman–Crippen LogP) is 4.72. The molecule has 0 fully saturated rings. The average molecular weight is 323 g/mol. The highest BCUT2D eigenvalue weighted by molar-refractivity contribution is 5.56. The summed E-state index contributed by atoms with van der Waals surface area (Å²) in [6, 6.07) is 22.0. The van der Waals surface area contributed by atoms with E-state index in [0.717, 1.165) is 16.9 Å². The van der Waals surface area contributed by atoms with E-state index in [1.54, 1.807) is 12.1 Å². The number of hydrogen-bond donors (Lipinski definition) is 2. The molecule has 24 heavy (non-hydrogen) atoms. The lowest BCUT2D eigenvalue weighted by molar-refractivity contribution is 0.303. The third-order valence-corrected chi connectivity index (χ3v) is 3.67. The van der Waals surface area contributed by atoms with Gasteiger partial charge in [0, 0.05) is 12.1 Å². The number of benzene rings is 3. The highest BCUT2D eigenvalue weighted by Crippen LogP contribution is 2.27. The zero-order valence-electron chi connectivity index (χ0n) is 13.1. The quantitative estimate of drug-likeness (QED) is 0.645. The third kappa shape index (κ3) is 3.84. The van der Waals surface area contributed by atoms with Gasteiger partial charge in [0.05, 0.1) is 5.69 Å². The number of aromatic hydroxyl groups is 1. The molecular weight excluding hydrogens is 305 g/mol. The van der Waals surface area contributed by atoms with Crippen LogP contribution in [0.2, 0.25) is 0 Å². The Balaban J connectivity index is 1.69. The third-order valence-electron chi connectivity index (χ3n) is 3.67. The molecule has 0 saturated heterocycles. The molecule has 0 amide bonds. The number of phenols is 1. The molecule has 0 aliphatic heterocycles. The highest BCUT2D eigenvalue weighted by atomic mass is 19.1. The van der Waals surface area contributed by atoms with Gasteiger partial charge in [0.15, 0.2) is 11.6 Å². The first kappa shape index (κ1) is 15.9. The molecule has 0 aliphatic rings. The van der Waals surface area contributed by atoms with Gasteiger partial charge in [-0.3, -0.25) is 0 Å². The molecule has 122 valence electrons. The molecule has 0 bridgehead atoms. The SMILES string of the molecule is Oc1c(F)cccc1NCc1ccccc1OCc1ccccc1. The van der Waals surface area contributed by atoms with Gasteiger partial charge in [0.1, 0.15) is 12.4 Å². The summed E-state index contributed by atoms with van der Waals surface area (Å²) in [5, 5.41) is 12.8. The molecule has 3 aromatic rings. The van der Waals surface area contributed by atoms with E-state index in [9.17, 15) is 9.50 Å². The van der Waals surface area contributed by atoms with Gasteiger partial charge in [0.2, 0.25) is 0 Å². The summed E-state index contributed by atoms with van der Waals surface area (Å²) in [5.74, 6) is -0.265. The van der Waals surface area contributed by atoms with E-state index in [0.29, 0.717) is 18.8 Å². The molecule has 0 heterocycles. The van der Waals surface area contributed by atoms with E-state index >= 15 is 0 Å². The van der Waals surface area contributed by atoms with Crippen LogP contribution in [-0.4, -0.2) is 5.11 Å². The Hall–Kier alpha value is -3.01. The van der Waals surface area contributed by atoms with E-state index in [-0.39, 0.29) is 5.75 Å². The molecule has 3 aromatic carbocycles. The van der Waals surface area contributed by atoms with Crippen molar-refractivity contribution in [3.8, 4) is 11.5 Å². The Labute approximate surface area is 140 Å². The molecule has 2 N–H and O–H groups in total. The lowest BCUT2D eigenvalue weighted by Crippen LogP contribution is -2.04. The van der Waals surface area contributed by atoms with E-state index in [4.69, 9.17) is 4.74 Å². The predicted molar refractivity (Wildman–Crippen MR) is 92.6 cm³/mol. The highest BCUT2D eigenvalue weighted by Gasteiger charge is 2.08. The summed E-state index contributed by atoms with van der Waals surface area (Å²) >= 11 is 0. The largest absolute Gasteiger partial charge is 0.503 e. The minimum absolute atomic E-state index is 0.355. The van der Waals surface area contributed by atoms with Crippen molar-refractivity contribution in [1.82, 2.24) is 0 Å². The van der Waals surface area contributed by atoms with Crippen LogP contribution in [0.4, 0.5) is 10.1 Å². The minimum Gasteiger partial charge on any atom is -0.503 e. The normalized spacial score (nSPS) is 10.4. The van der Waals surface area contributed by atoms with Crippen LogP contribution in [0.15, 0.2) is 72.8 Å². The van der Waals surface area contributed by atoms with Crippen molar-refractivity contribution in [1.29, 1.82) is 0 Å². The fourth-order valence-corrected chi connectivity index (χ4v) is 2.37. The molecule has 3 rings (SSSR count). The van der Waals surface area contributed by atoms with Crippen molar-refractivity contribution in [2.24, 2.45) is 0 Å². The molecule has 4 heteroatoms. The van der Waals surface area contributed by atoms with Crippen LogP contribution in [0.25, 0.3) is 0 Å². The first-order valence-corrected chi connectivity index (χ1v) is 7.70. The van der Waals surface area contributed by atoms with Gasteiger partial charge < -0.3 is 15.2 Å². The number of anilines is 1. The van der Waals surface area contributed by atoms with Crippen LogP contribution in [0.3, 0.4) is 0 Å². The Morgan fingerprint density at radius 2 is 1.62 bits per heavy atom. The van der Waals surface area contributed by atoms with E-state index in [2.05, 4.69) is 5.32 Å². The van der Waals surface area contributed by atoms with Crippen LogP contribution >= 0.6 is 0 Å². The first-order chi connectivity index (χ1) is 11.7. The fraction of sp³-hybridized carbons (Fsp3) is 0.100. The zero-order chi connectivity index (χ0) is 16.8. The van der Waals surface area contributed by atoms with Crippen LogP contribution in [0, 0.1) is 5.82 Å². The lowest BCUT2D eigenvalue weighted by atomic mass is 10.2. The van der Waals surface area contributed by atoms with E-state index in [1.165, 1.54) is 6.07 Å². The number of phenolic OH excluding ortho intramolecular Hbond substituents is 1.